The Hall–Kier alpha value is -2.54. The van der Waals surface area contributed by atoms with Gasteiger partial charge in [-0.3, -0.25) is 14.4 Å². The number of hydroxylamine groups is 2. The van der Waals surface area contributed by atoms with Crippen LogP contribution in [0, 0.1) is 35.0 Å². The van der Waals surface area contributed by atoms with Crippen molar-refractivity contribution in [3.8, 4) is 16.9 Å². The number of hydrogen-bond acceptors (Lipinski definition) is 8. The molecule has 1 aliphatic heterocycles. The maximum Gasteiger partial charge on any atom is 0.251 e. The number of benzene rings is 2. The monoisotopic (exact) mass is 743 g/mol. The van der Waals surface area contributed by atoms with Crippen LogP contribution in [0.2, 0.25) is 0 Å². The molecule has 1 saturated heterocycles. The van der Waals surface area contributed by atoms with E-state index in [0.29, 0.717) is 45.9 Å². The zero-order valence-electron chi connectivity index (χ0n) is 29.8. The molecule has 4 fully saturated rings. The number of amides is 2. The molecule has 0 aromatic heterocycles. The van der Waals surface area contributed by atoms with Gasteiger partial charge in [-0.25, -0.2) is 0 Å². The first-order valence-corrected chi connectivity index (χ1v) is 18.4. The molecule has 0 unspecified atom stereocenters. The SMILES string of the molecule is COc1c(CN2O[C@@H](CO)[C@@H]([C@H](C)O)[C@H]2C(=O)N[C@H]2C[C@H]3C[C@@H]([C@@H]2C)C3(C)C)cccc1-c1cc(Br)cc(C(=O)N[C@H](CO)CC(C)C)c1. The number of para-hydroxylation sites is 1. The van der Waals surface area contributed by atoms with Crippen molar-refractivity contribution < 1.29 is 34.5 Å². The maximum atomic E-state index is 14.1. The highest BCUT2D eigenvalue weighted by atomic mass is 79.9. The predicted molar refractivity (Wildman–Crippen MR) is 191 cm³/mol. The molecule has 11 heteroatoms. The smallest absolute Gasteiger partial charge is 0.251 e. The zero-order chi connectivity index (χ0) is 35.8. The fourth-order valence-electron chi connectivity index (χ4n) is 8.72. The number of nitrogens with one attached hydrogen (secondary N) is 2. The van der Waals surface area contributed by atoms with Gasteiger partial charge in [-0.2, -0.15) is 5.06 Å². The van der Waals surface area contributed by atoms with E-state index < -0.39 is 24.2 Å². The van der Waals surface area contributed by atoms with Crippen molar-refractivity contribution >= 4 is 27.7 Å². The minimum atomic E-state index is -0.903. The molecule has 3 aliphatic carbocycles. The first kappa shape index (κ1) is 37.7. The van der Waals surface area contributed by atoms with E-state index in [-0.39, 0.29) is 49.1 Å². The van der Waals surface area contributed by atoms with Crippen LogP contribution in [-0.4, -0.2) is 82.9 Å². The van der Waals surface area contributed by atoms with E-state index in [4.69, 9.17) is 9.57 Å². The number of ether oxygens (including phenoxy) is 1. The van der Waals surface area contributed by atoms with E-state index in [1.54, 1.807) is 31.2 Å². The second kappa shape index (κ2) is 15.4. The third kappa shape index (κ3) is 7.72. The number of methoxy groups -OCH3 is 1. The Kier molecular flexibility index (Phi) is 11.8. The van der Waals surface area contributed by atoms with Gasteiger partial charge in [0.25, 0.3) is 5.91 Å². The van der Waals surface area contributed by atoms with Crippen molar-refractivity contribution in [3.05, 3.63) is 52.0 Å². The average Bonchev–Trinajstić information content (AvgIpc) is 3.43. The molecule has 4 aliphatic rings. The van der Waals surface area contributed by atoms with Gasteiger partial charge in [-0.1, -0.05) is 68.7 Å². The Morgan fingerprint density at radius 2 is 1.88 bits per heavy atom. The lowest BCUT2D eigenvalue weighted by Gasteiger charge is -2.62. The number of rotatable bonds is 13. The molecule has 2 aromatic rings. The lowest BCUT2D eigenvalue weighted by molar-refractivity contribution is -0.183. The topological polar surface area (TPSA) is 141 Å². The Bertz CT molecular complexity index is 1500. The van der Waals surface area contributed by atoms with Gasteiger partial charge in [-0.05, 0) is 79.0 Å². The molecule has 0 radical (unpaired) electrons. The minimum Gasteiger partial charge on any atom is -0.496 e. The first-order valence-electron chi connectivity index (χ1n) is 17.6. The molecule has 6 rings (SSSR count). The number of aliphatic hydroxyl groups excluding tert-OH is 3. The van der Waals surface area contributed by atoms with Crippen molar-refractivity contribution in [2.24, 2.45) is 35.0 Å². The van der Waals surface area contributed by atoms with Gasteiger partial charge >= 0.3 is 0 Å². The Morgan fingerprint density at radius 1 is 1.14 bits per heavy atom. The van der Waals surface area contributed by atoms with Crippen LogP contribution in [-0.2, 0) is 16.2 Å². The minimum absolute atomic E-state index is 0.0350. The van der Waals surface area contributed by atoms with Gasteiger partial charge in [0.1, 0.15) is 17.9 Å². The van der Waals surface area contributed by atoms with Gasteiger partial charge < -0.3 is 30.7 Å². The summed E-state index contributed by atoms with van der Waals surface area (Å²) >= 11 is 3.56. The number of aliphatic hydroxyl groups is 3. The van der Waals surface area contributed by atoms with Crippen LogP contribution >= 0.6 is 15.9 Å². The molecule has 2 amide bonds. The number of carbonyl (C=O) groups is 2. The third-order valence-corrected chi connectivity index (χ3v) is 11.9. The fourth-order valence-corrected chi connectivity index (χ4v) is 9.22. The van der Waals surface area contributed by atoms with E-state index in [2.05, 4.69) is 47.3 Å². The van der Waals surface area contributed by atoms with Gasteiger partial charge in [0.05, 0.1) is 39.0 Å². The molecule has 10 nitrogen and oxygen atoms in total. The highest BCUT2D eigenvalue weighted by Gasteiger charge is 2.57. The standard InChI is InChI=1S/C38H54BrN3O7/c1-20(2)11-28(18-43)40-36(46)25-12-24(13-27(39)14-25)29-10-8-9-23(35(29)48-7)17-42-34(33(22(4)45)32(19-44)49-42)37(47)41-31-16-26-15-30(21(31)3)38(26,5)6/h8-10,12-14,20-22,26,28,30-34,43-45H,11,15-19H2,1-7H3,(H,40,46)(H,41,47)/t21-,22-,26+,28-,30-,31-,32-,33+,34-/m0/s1. The van der Waals surface area contributed by atoms with Crippen LogP contribution in [0.15, 0.2) is 40.9 Å². The summed E-state index contributed by atoms with van der Waals surface area (Å²) in [5, 5.41) is 38.8. The van der Waals surface area contributed by atoms with Crippen molar-refractivity contribution in [2.75, 3.05) is 20.3 Å². The Morgan fingerprint density at radius 3 is 2.47 bits per heavy atom. The lowest BCUT2D eigenvalue weighted by Crippen LogP contribution is -2.62. The molecular formula is C38H54BrN3O7. The van der Waals surface area contributed by atoms with Crippen LogP contribution in [0.4, 0.5) is 0 Å². The molecule has 3 saturated carbocycles. The second-order valence-electron chi connectivity index (χ2n) is 15.4. The van der Waals surface area contributed by atoms with Crippen LogP contribution in [0.25, 0.3) is 11.1 Å². The predicted octanol–water partition coefficient (Wildman–Crippen LogP) is 4.92. The molecule has 49 heavy (non-hydrogen) atoms. The highest BCUT2D eigenvalue weighted by molar-refractivity contribution is 9.10. The van der Waals surface area contributed by atoms with Gasteiger partial charge in [-0.15, -0.1) is 0 Å². The molecule has 1 heterocycles. The van der Waals surface area contributed by atoms with E-state index in [9.17, 15) is 24.9 Å². The summed E-state index contributed by atoms with van der Waals surface area (Å²) in [4.78, 5) is 33.6. The third-order valence-electron chi connectivity index (χ3n) is 11.5. The molecule has 9 atom stereocenters. The quantitative estimate of drug-likeness (QED) is 0.195. The number of halogens is 1. The number of fused-ring (bicyclic) bond motifs is 2. The van der Waals surface area contributed by atoms with Crippen LogP contribution in [0.5, 0.6) is 5.75 Å². The normalized spacial score (nSPS) is 28.9. The van der Waals surface area contributed by atoms with Gasteiger partial charge in [0.2, 0.25) is 5.91 Å². The molecule has 2 bridgehead atoms. The van der Waals surface area contributed by atoms with Crippen molar-refractivity contribution in [1.29, 1.82) is 0 Å². The number of carbonyl (C=O) groups excluding carboxylic acids is 2. The van der Waals surface area contributed by atoms with E-state index >= 15 is 0 Å². The van der Waals surface area contributed by atoms with Crippen LogP contribution in [0.1, 0.15) is 76.7 Å². The fraction of sp³-hybridized carbons (Fsp3) is 0.632. The first-order chi connectivity index (χ1) is 23.2. The molecule has 270 valence electrons. The van der Waals surface area contributed by atoms with E-state index in [1.165, 1.54) is 6.42 Å². The summed E-state index contributed by atoms with van der Waals surface area (Å²) in [5.74, 6) is 1.17. The Labute approximate surface area is 299 Å². The lowest BCUT2D eigenvalue weighted by atomic mass is 9.45. The second-order valence-corrected chi connectivity index (χ2v) is 16.4. The summed E-state index contributed by atoms with van der Waals surface area (Å²) < 4.78 is 6.68. The molecule has 2 aromatic carbocycles. The summed E-state index contributed by atoms with van der Waals surface area (Å²) in [6.45, 7) is 12.3. The average molecular weight is 745 g/mol. The summed E-state index contributed by atoms with van der Waals surface area (Å²) in [6.07, 6.45) is 1.12. The molecular weight excluding hydrogens is 690 g/mol. The zero-order valence-corrected chi connectivity index (χ0v) is 31.4. The van der Waals surface area contributed by atoms with Gasteiger partial charge in [0.15, 0.2) is 0 Å². The summed E-state index contributed by atoms with van der Waals surface area (Å²) in [5.41, 5.74) is 2.92. The summed E-state index contributed by atoms with van der Waals surface area (Å²) in [6, 6.07) is 9.96. The van der Waals surface area contributed by atoms with Crippen molar-refractivity contribution in [2.45, 2.75) is 97.7 Å². The van der Waals surface area contributed by atoms with E-state index in [1.807, 2.05) is 38.1 Å². The maximum absolute atomic E-state index is 14.1. The molecule has 0 spiro atoms. The number of hydrogen-bond donors (Lipinski definition) is 5. The molecule has 5 N–H and O–H groups in total. The summed E-state index contributed by atoms with van der Waals surface area (Å²) in [7, 11) is 1.58. The van der Waals surface area contributed by atoms with Crippen LogP contribution in [0.3, 0.4) is 0 Å². The van der Waals surface area contributed by atoms with Gasteiger partial charge in [0, 0.05) is 33.1 Å². The van der Waals surface area contributed by atoms with Crippen LogP contribution < -0.4 is 15.4 Å². The largest absolute Gasteiger partial charge is 0.496 e. The van der Waals surface area contributed by atoms with Crippen molar-refractivity contribution in [1.82, 2.24) is 15.7 Å². The number of nitrogens with zero attached hydrogens (tertiary/aromatic N) is 1. The van der Waals surface area contributed by atoms with Crippen molar-refractivity contribution in [3.63, 3.8) is 0 Å². The van der Waals surface area contributed by atoms with E-state index in [0.717, 1.165) is 23.1 Å². The highest BCUT2D eigenvalue weighted by Crippen LogP contribution is 2.61. The Balaban J connectivity index is 1.41.